The summed E-state index contributed by atoms with van der Waals surface area (Å²) in [5, 5.41) is 4.23. The molecule has 0 aromatic heterocycles. The Hall–Kier alpha value is -0.0900. The number of halogens is 2. The molecule has 0 aliphatic heterocycles. The van der Waals surface area contributed by atoms with Crippen molar-refractivity contribution in [1.29, 1.82) is 0 Å². The third-order valence-corrected chi connectivity index (χ3v) is 3.70. The van der Waals surface area contributed by atoms with Gasteiger partial charge < -0.3 is 10.1 Å². The molecule has 0 radical (unpaired) electrons. The molecular weight excluding hydrogens is 302 g/mol. The fourth-order valence-corrected chi connectivity index (χ4v) is 2.51. The Morgan fingerprint density at radius 1 is 1.47 bits per heavy atom. The Kier molecular flexibility index (Phi) is 6.49. The van der Waals surface area contributed by atoms with Crippen molar-refractivity contribution in [3.8, 4) is 0 Å². The highest BCUT2D eigenvalue weighted by molar-refractivity contribution is 9.10. The van der Waals surface area contributed by atoms with Crippen molar-refractivity contribution in [2.75, 3.05) is 13.7 Å². The zero-order chi connectivity index (χ0) is 12.8. The van der Waals surface area contributed by atoms with Crippen LogP contribution in [0.1, 0.15) is 19.4 Å². The Balaban J connectivity index is 2.78. The summed E-state index contributed by atoms with van der Waals surface area (Å²) in [5.74, 6) is 0. The van der Waals surface area contributed by atoms with Crippen LogP contribution in [0.25, 0.3) is 0 Å². The second-order valence-corrected chi connectivity index (χ2v) is 5.37. The van der Waals surface area contributed by atoms with E-state index < -0.39 is 0 Å². The summed E-state index contributed by atoms with van der Waals surface area (Å²) in [6.45, 7) is 5.09. The normalized spacial score (nSPS) is 14.6. The van der Waals surface area contributed by atoms with Crippen molar-refractivity contribution in [2.24, 2.45) is 0 Å². The molecule has 0 saturated carbocycles. The minimum Gasteiger partial charge on any atom is -0.380 e. The molecule has 0 bridgehead atoms. The van der Waals surface area contributed by atoms with Crippen molar-refractivity contribution < 1.29 is 4.74 Å². The van der Waals surface area contributed by atoms with E-state index in [2.05, 4.69) is 41.2 Å². The first-order valence-electron chi connectivity index (χ1n) is 5.78. The second-order valence-electron chi connectivity index (χ2n) is 4.04. The minimum atomic E-state index is 0.162. The Labute approximate surface area is 117 Å². The van der Waals surface area contributed by atoms with Crippen molar-refractivity contribution >= 4 is 27.5 Å². The number of likely N-dealkylation sites (N-methyl/N-ethyl adjacent to an activating group) is 1. The molecule has 0 spiro atoms. The lowest BCUT2D eigenvalue weighted by atomic mass is 10.0. The molecule has 1 aromatic carbocycles. The maximum Gasteiger partial charge on any atom is 0.0699 e. The van der Waals surface area contributed by atoms with Gasteiger partial charge in [0.05, 0.1) is 6.10 Å². The van der Waals surface area contributed by atoms with E-state index >= 15 is 0 Å². The van der Waals surface area contributed by atoms with Crippen LogP contribution in [0.4, 0.5) is 0 Å². The molecule has 0 heterocycles. The summed E-state index contributed by atoms with van der Waals surface area (Å²) in [6.07, 6.45) is 1.03. The third-order valence-electron chi connectivity index (χ3n) is 2.86. The maximum absolute atomic E-state index is 6.22. The topological polar surface area (TPSA) is 21.3 Å². The van der Waals surface area contributed by atoms with E-state index in [0.717, 1.165) is 28.0 Å². The second kappa shape index (κ2) is 7.37. The van der Waals surface area contributed by atoms with E-state index in [0.29, 0.717) is 0 Å². The van der Waals surface area contributed by atoms with Crippen LogP contribution < -0.4 is 5.32 Å². The van der Waals surface area contributed by atoms with Crippen molar-refractivity contribution in [2.45, 2.75) is 32.4 Å². The van der Waals surface area contributed by atoms with Crippen LogP contribution in [0.15, 0.2) is 22.7 Å². The van der Waals surface area contributed by atoms with Crippen LogP contribution in [0.5, 0.6) is 0 Å². The van der Waals surface area contributed by atoms with Crippen LogP contribution in [-0.4, -0.2) is 25.8 Å². The summed E-state index contributed by atoms with van der Waals surface area (Å²) >= 11 is 9.63. The SMILES string of the molecule is CCNC(Cc1ccc(Br)cc1Cl)C(C)OC. The van der Waals surface area contributed by atoms with E-state index in [9.17, 15) is 0 Å². The van der Waals surface area contributed by atoms with E-state index in [1.54, 1.807) is 7.11 Å². The highest BCUT2D eigenvalue weighted by atomic mass is 79.9. The van der Waals surface area contributed by atoms with Gasteiger partial charge in [-0.2, -0.15) is 0 Å². The van der Waals surface area contributed by atoms with Gasteiger partial charge in [-0.25, -0.2) is 0 Å². The van der Waals surface area contributed by atoms with Gasteiger partial charge in [0.1, 0.15) is 0 Å². The van der Waals surface area contributed by atoms with Gasteiger partial charge in [-0.1, -0.05) is 40.5 Å². The molecule has 2 nitrogen and oxygen atoms in total. The molecule has 0 aliphatic rings. The number of rotatable bonds is 6. The number of nitrogens with one attached hydrogen (secondary N) is 1. The molecule has 17 heavy (non-hydrogen) atoms. The number of ether oxygens (including phenoxy) is 1. The molecule has 0 aliphatic carbocycles. The standard InChI is InChI=1S/C13H19BrClNO/c1-4-16-13(9(2)17-3)7-10-5-6-11(14)8-12(10)15/h5-6,8-9,13,16H,4,7H2,1-3H3. The van der Waals surface area contributed by atoms with Gasteiger partial charge in [0, 0.05) is 22.6 Å². The Morgan fingerprint density at radius 3 is 2.71 bits per heavy atom. The largest absolute Gasteiger partial charge is 0.380 e. The van der Waals surface area contributed by atoms with Crippen molar-refractivity contribution in [3.63, 3.8) is 0 Å². The molecule has 4 heteroatoms. The van der Waals surface area contributed by atoms with Gasteiger partial charge >= 0.3 is 0 Å². The zero-order valence-corrected chi connectivity index (χ0v) is 12.8. The van der Waals surface area contributed by atoms with E-state index in [4.69, 9.17) is 16.3 Å². The van der Waals surface area contributed by atoms with Crippen LogP contribution in [0.3, 0.4) is 0 Å². The van der Waals surface area contributed by atoms with Gasteiger partial charge in [0.15, 0.2) is 0 Å². The van der Waals surface area contributed by atoms with Gasteiger partial charge in [0.25, 0.3) is 0 Å². The molecule has 96 valence electrons. The average Bonchev–Trinajstić information content (AvgIpc) is 2.30. The van der Waals surface area contributed by atoms with Crippen LogP contribution in [0.2, 0.25) is 5.02 Å². The quantitative estimate of drug-likeness (QED) is 0.864. The molecule has 2 atom stereocenters. The number of hydrogen-bond donors (Lipinski definition) is 1. The first kappa shape index (κ1) is 15.0. The molecule has 1 rings (SSSR count). The van der Waals surface area contributed by atoms with Gasteiger partial charge in [0.2, 0.25) is 0 Å². The minimum absolute atomic E-state index is 0.162. The fourth-order valence-electron chi connectivity index (χ4n) is 1.75. The van der Waals surface area contributed by atoms with Crippen molar-refractivity contribution in [3.05, 3.63) is 33.3 Å². The first-order valence-corrected chi connectivity index (χ1v) is 6.95. The molecule has 2 unspecified atom stereocenters. The predicted octanol–water partition coefficient (Wildman–Crippen LogP) is 3.66. The molecule has 1 aromatic rings. The lowest BCUT2D eigenvalue weighted by Gasteiger charge is -2.24. The van der Waals surface area contributed by atoms with E-state index in [1.807, 2.05) is 12.1 Å². The summed E-state index contributed by atoms with van der Waals surface area (Å²) in [7, 11) is 1.73. The summed E-state index contributed by atoms with van der Waals surface area (Å²) < 4.78 is 6.39. The summed E-state index contributed by atoms with van der Waals surface area (Å²) in [6, 6.07) is 6.28. The monoisotopic (exact) mass is 319 g/mol. The zero-order valence-electron chi connectivity index (χ0n) is 10.5. The molecule has 0 saturated heterocycles. The molecule has 0 amide bonds. The molecule has 0 fully saturated rings. The van der Waals surface area contributed by atoms with Gasteiger partial charge in [-0.3, -0.25) is 0 Å². The van der Waals surface area contributed by atoms with Crippen LogP contribution >= 0.6 is 27.5 Å². The van der Waals surface area contributed by atoms with Crippen LogP contribution in [0, 0.1) is 0 Å². The third kappa shape index (κ3) is 4.59. The van der Waals surface area contributed by atoms with Gasteiger partial charge in [-0.15, -0.1) is 0 Å². The number of hydrogen-bond acceptors (Lipinski definition) is 2. The Bertz CT molecular complexity index is 359. The highest BCUT2D eigenvalue weighted by Crippen LogP contribution is 2.23. The lowest BCUT2D eigenvalue weighted by molar-refractivity contribution is 0.0836. The average molecular weight is 321 g/mol. The molecule has 1 N–H and O–H groups in total. The smallest absolute Gasteiger partial charge is 0.0699 e. The van der Waals surface area contributed by atoms with Gasteiger partial charge in [-0.05, 0) is 37.6 Å². The number of methoxy groups -OCH3 is 1. The summed E-state index contributed by atoms with van der Waals surface area (Å²) in [5.41, 5.74) is 1.14. The molecular formula is C13H19BrClNO. The van der Waals surface area contributed by atoms with E-state index in [-0.39, 0.29) is 12.1 Å². The highest BCUT2D eigenvalue weighted by Gasteiger charge is 2.17. The van der Waals surface area contributed by atoms with Crippen LogP contribution in [-0.2, 0) is 11.2 Å². The first-order chi connectivity index (χ1) is 8.08. The van der Waals surface area contributed by atoms with Crippen molar-refractivity contribution in [1.82, 2.24) is 5.32 Å². The summed E-state index contributed by atoms with van der Waals surface area (Å²) in [4.78, 5) is 0. The predicted molar refractivity (Wildman–Crippen MR) is 76.8 cm³/mol. The van der Waals surface area contributed by atoms with E-state index in [1.165, 1.54) is 0 Å². The number of benzene rings is 1. The Morgan fingerprint density at radius 2 is 2.18 bits per heavy atom. The lowest BCUT2D eigenvalue weighted by Crippen LogP contribution is -2.41. The fraction of sp³-hybridized carbons (Fsp3) is 0.538. The maximum atomic E-state index is 6.22.